The monoisotopic (exact) mass is 477 g/mol. The van der Waals surface area contributed by atoms with E-state index in [-0.39, 0.29) is 33.6 Å². The number of rotatable bonds is 7. The molecular formula is C24H19N3O6S. The Kier molecular flexibility index (Phi) is 6.51. The van der Waals surface area contributed by atoms with Crippen molar-refractivity contribution in [2.24, 2.45) is 0 Å². The Labute approximate surface area is 197 Å². The molecule has 4 rings (SSSR count). The van der Waals surface area contributed by atoms with Crippen LogP contribution in [0.4, 0.5) is 5.00 Å². The number of aromatic carboxylic acids is 1. The highest BCUT2D eigenvalue weighted by atomic mass is 32.1. The molecule has 2 aromatic heterocycles. The van der Waals surface area contributed by atoms with Gasteiger partial charge in [0.05, 0.1) is 17.6 Å². The maximum absolute atomic E-state index is 12.8. The maximum atomic E-state index is 12.8. The molecular weight excluding hydrogens is 458 g/mol. The fourth-order valence-corrected chi connectivity index (χ4v) is 4.46. The first kappa shape index (κ1) is 22.9. The molecule has 0 saturated heterocycles. The molecule has 2 aromatic carbocycles. The molecule has 0 unspecified atom stereocenters. The summed E-state index contributed by atoms with van der Waals surface area (Å²) in [4.78, 5) is 50.5. The fraction of sp³-hybridized carbons (Fsp3) is 0.125. The smallest absolute Gasteiger partial charge is 0.357 e. The van der Waals surface area contributed by atoms with Crippen molar-refractivity contribution >= 4 is 45.0 Å². The molecule has 0 aliphatic heterocycles. The first-order chi connectivity index (χ1) is 16.4. The Morgan fingerprint density at radius 1 is 1.06 bits per heavy atom. The molecule has 2 heterocycles. The minimum atomic E-state index is -1.32. The van der Waals surface area contributed by atoms with E-state index in [1.807, 2.05) is 30.3 Å². The zero-order valence-corrected chi connectivity index (χ0v) is 18.8. The van der Waals surface area contributed by atoms with E-state index in [1.54, 1.807) is 25.1 Å². The van der Waals surface area contributed by atoms with Crippen LogP contribution in [0.5, 0.6) is 0 Å². The summed E-state index contributed by atoms with van der Waals surface area (Å²) >= 11 is 1.19. The van der Waals surface area contributed by atoms with Gasteiger partial charge in [0.15, 0.2) is 5.69 Å². The number of carbonyl (C=O) groups is 3. The molecule has 10 heteroatoms. The number of hydrogen-bond acceptors (Lipinski definition) is 7. The highest BCUT2D eigenvalue weighted by molar-refractivity contribution is 7.20. The number of nitrogens with one attached hydrogen (secondary N) is 1. The third-order valence-electron chi connectivity index (χ3n) is 4.90. The van der Waals surface area contributed by atoms with Gasteiger partial charge in [0.25, 0.3) is 5.56 Å². The zero-order chi connectivity index (χ0) is 24.2. The first-order valence-electron chi connectivity index (χ1n) is 10.3. The second kappa shape index (κ2) is 9.67. The number of carboxylic acids is 1. The van der Waals surface area contributed by atoms with Crippen LogP contribution < -0.4 is 10.9 Å². The van der Waals surface area contributed by atoms with Crippen molar-refractivity contribution < 1.29 is 24.2 Å². The molecule has 9 nitrogen and oxygen atoms in total. The van der Waals surface area contributed by atoms with E-state index < -0.39 is 29.9 Å². The van der Waals surface area contributed by atoms with Gasteiger partial charge in [-0.15, -0.1) is 11.3 Å². The molecule has 34 heavy (non-hydrogen) atoms. The maximum Gasteiger partial charge on any atom is 0.357 e. The highest BCUT2D eigenvalue weighted by Gasteiger charge is 2.21. The van der Waals surface area contributed by atoms with E-state index in [1.165, 1.54) is 23.5 Å². The van der Waals surface area contributed by atoms with Crippen molar-refractivity contribution in [1.82, 2.24) is 9.78 Å². The standard InChI is InChI=1S/C24H19N3O6S/c1-2-33-24(32)17-12-18(14-8-4-3-5-9-14)34-21(17)25-19(28)13-27-22(29)16-11-7-6-10-15(16)20(26-27)23(30)31/h3-12H,2,13H2,1H3,(H,25,28)(H,30,31). The van der Waals surface area contributed by atoms with Crippen molar-refractivity contribution in [3.63, 3.8) is 0 Å². The minimum Gasteiger partial charge on any atom is -0.476 e. The number of carboxylic acid groups (broad SMARTS) is 1. The Bertz CT molecular complexity index is 1460. The summed E-state index contributed by atoms with van der Waals surface area (Å²) in [6, 6.07) is 17.1. The molecule has 1 amide bonds. The molecule has 0 radical (unpaired) electrons. The summed E-state index contributed by atoms with van der Waals surface area (Å²) in [5.74, 6) is -2.56. The van der Waals surface area contributed by atoms with Gasteiger partial charge in [-0.3, -0.25) is 9.59 Å². The second-order valence-electron chi connectivity index (χ2n) is 7.15. The summed E-state index contributed by atoms with van der Waals surface area (Å²) in [6.45, 7) is 1.31. The van der Waals surface area contributed by atoms with E-state index in [9.17, 15) is 24.3 Å². The number of anilines is 1. The number of esters is 1. The van der Waals surface area contributed by atoms with E-state index >= 15 is 0 Å². The molecule has 2 N–H and O–H groups in total. The quantitative estimate of drug-likeness (QED) is 0.389. The van der Waals surface area contributed by atoms with Crippen molar-refractivity contribution in [2.75, 3.05) is 11.9 Å². The molecule has 0 saturated carbocycles. The summed E-state index contributed by atoms with van der Waals surface area (Å²) in [7, 11) is 0. The molecule has 0 atom stereocenters. The van der Waals surface area contributed by atoms with E-state index in [4.69, 9.17) is 4.74 Å². The highest BCUT2D eigenvalue weighted by Crippen LogP contribution is 2.36. The molecule has 0 aliphatic carbocycles. The fourth-order valence-electron chi connectivity index (χ4n) is 3.39. The number of thiophene rings is 1. The third-order valence-corrected chi connectivity index (χ3v) is 6.00. The average molecular weight is 477 g/mol. The second-order valence-corrected chi connectivity index (χ2v) is 8.20. The van der Waals surface area contributed by atoms with Crippen LogP contribution in [-0.2, 0) is 16.1 Å². The predicted molar refractivity (Wildman–Crippen MR) is 127 cm³/mol. The molecule has 4 aromatic rings. The number of nitrogens with zero attached hydrogens (tertiary/aromatic N) is 2. The van der Waals surface area contributed by atoms with Crippen LogP contribution in [0, 0.1) is 0 Å². The lowest BCUT2D eigenvalue weighted by Crippen LogP contribution is -2.31. The van der Waals surface area contributed by atoms with Gasteiger partial charge in [0.2, 0.25) is 5.91 Å². The first-order valence-corrected chi connectivity index (χ1v) is 11.1. The van der Waals surface area contributed by atoms with Gasteiger partial charge in [-0.25, -0.2) is 14.3 Å². The van der Waals surface area contributed by atoms with Crippen molar-refractivity contribution in [3.8, 4) is 10.4 Å². The van der Waals surface area contributed by atoms with Crippen LogP contribution in [0.3, 0.4) is 0 Å². The van der Waals surface area contributed by atoms with E-state index in [2.05, 4.69) is 10.4 Å². The van der Waals surface area contributed by atoms with Crippen LogP contribution >= 0.6 is 11.3 Å². The third kappa shape index (κ3) is 4.57. The van der Waals surface area contributed by atoms with Crippen LogP contribution in [0.2, 0.25) is 0 Å². The Balaban J connectivity index is 1.67. The summed E-state index contributed by atoms with van der Waals surface area (Å²) < 4.78 is 5.91. The van der Waals surface area contributed by atoms with Crippen LogP contribution in [-0.4, -0.2) is 39.3 Å². The zero-order valence-electron chi connectivity index (χ0n) is 18.0. The Hall–Kier alpha value is -4.31. The molecule has 0 bridgehead atoms. The minimum absolute atomic E-state index is 0.136. The SMILES string of the molecule is CCOC(=O)c1cc(-c2ccccc2)sc1NC(=O)Cn1nc(C(=O)O)c2ccccc2c1=O. The van der Waals surface area contributed by atoms with Crippen molar-refractivity contribution in [1.29, 1.82) is 0 Å². The van der Waals surface area contributed by atoms with Gasteiger partial charge in [-0.1, -0.05) is 48.5 Å². The number of benzene rings is 2. The van der Waals surface area contributed by atoms with Gasteiger partial charge in [0, 0.05) is 10.3 Å². The Morgan fingerprint density at radius 2 is 1.74 bits per heavy atom. The molecule has 0 spiro atoms. The molecule has 0 fully saturated rings. The van der Waals surface area contributed by atoms with Crippen LogP contribution in [0.1, 0.15) is 27.8 Å². The van der Waals surface area contributed by atoms with Gasteiger partial charge >= 0.3 is 11.9 Å². The van der Waals surface area contributed by atoms with Crippen molar-refractivity contribution in [3.05, 3.63) is 82.3 Å². The lowest BCUT2D eigenvalue weighted by molar-refractivity contribution is -0.117. The number of amides is 1. The number of ether oxygens (including phenoxy) is 1. The Morgan fingerprint density at radius 3 is 2.41 bits per heavy atom. The largest absolute Gasteiger partial charge is 0.476 e. The normalized spacial score (nSPS) is 10.7. The van der Waals surface area contributed by atoms with Crippen LogP contribution in [0.25, 0.3) is 21.2 Å². The van der Waals surface area contributed by atoms with E-state index in [0.29, 0.717) is 0 Å². The van der Waals surface area contributed by atoms with Gasteiger partial charge < -0.3 is 15.2 Å². The average Bonchev–Trinajstić information content (AvgIpc) is 3.25. The summed E-state index contributed by atoms with van der Waals surface area (Å²) in [5, 5.41) is 16.6. The number of carbonyl (C=O) groups excluding carboxylic acids is 2. The molecule has 172 valence electrons. The summed E-state index contributed by atoms with van der Waals surface area (Å²) in [6.07, 6.45) is 0. The van der Waals surface area contributed by atoms with Gasteiger partial charge in [-0.2, -0.15) is 5.10 Å². The van der Waals surface area contributed by atoms with E-state index in [0.717, 1.165) is 15.1 Å². The number of fused-ring (bicyclic) bond motifs is 1. The summed E-state index contributed by atoms with van der Waals surface area (Å²) in [5.41, 5.74) is 0.108. The lowest BCUT2D eigenvalue weighted by atomic mass is 10.1. The van der Waals surface area contributed by atoms with Crippen LogP contribution in [0.15, 0.2) is 65.5 Å². The van der Waals surface area contributed by atoms with Gasteiger partial charge in [-0.05, 0) is 24.6 Å². The predicted octanol–water partition coefficient (Wildman–Crippen LogP) is 3.64. The van der Waals surface area contributed by atoms with Crippen molar-refractivity contribution in [2.45, 2.75) is 13.5 Å². The van der Waals surface area contributed by atoms with Gasteiger partial charge in [0.1, 0.15) is 11.5 Å². The molecule has 0 aliphatic rings. The lowest BCUT2D eigenvalue weighted by Gasteiger charge is -2.09. The topological polar surface area (TPSA) is 128 Å². The number of aromatic nitrogens is 2. The number of hydrogen-bond donors (Lipinski definition) is 2.